The summed E-state index contributed by atoms with van der Waals surface area (Å²) < 4.78 is 0. The van der Waals surface area contributed by atoms with Gasteiger partial charge in [0.05, 0.1) is 6.07 Å². The molecular weight excluding hydrogens is 248 g/mol. The molecule has 0 spiro atoms. The first-order valence-corrected chi connectivity index (χ1v) is 7.42. The average molecular weight is 270 g/mol. The van der Waals surface area contributed by atoms with Crippen LogP contribution in [-0.2, 0) is 11.2 Å². The Morgan fingerprint density at radius 3 is 2.65 bits per heavy atom. The Hall–Kier alpha value is -1.82. The summed E-state index contributed by atoms with van der Waals surface area (Å²) in [6, 6.07) is 10.4. The van der Waals surface area contributed by atoms with E-state index in [4.69, 9.17) is 0 Å². The van der Waals surface area contributed by atoms with Crippen LogP contribution in [0.25, 0.3) is 0 Å². The maximum atomic E-state index is 12.1. The maximum absolute atomic E-state index is 12.1. The van der Waals surface area contributed by atoms with Gasteiger partial charge < -0.3 is 5.32 Å². The minimum Gasteiger partial charge on any atom is -0.338 e. The molecule has 3 heteroatoms. The fourth-order valence-electron chi connectivity index (χ4n) is 2.89. The van der Waals surface area contributed by atoms with E-state index in [1.54, 1.807) is 0 Å². The highest BCUT2D eigenvalue weighted by atomic mass is 16.1. The van der Waals surface area contributed by atoms with E-state index in [0.29, 0.717) is 6.42 Å². The SMILES string of the molecule is Cc1ccccc1CCC(=O)NC1(C#N)CCCCC1. The van der Waals surface area contributed by atoms with Crippen molar-refractivity contribution in [3.63, 3.8) is 0 Å². The van der Waals surface area contributed by atoms with E-state index in [1.165, 1.54) is 17.5 Å². The third-order valence-electron chi connectivity index (χ3n) is 4.18. The maximum Gasteiger partial charge on any atom is 0.221 e. The van der Waals surface area contributed by atoms with Crippen LogP contribution in [0.15, 0.2) is 24.3 Å². The van der Waals surface area contributed by atoms with Gasteiger partial charge in [0, 0.05) is 6.42 Å². The van der Waals surface area contributed by atoms with Gasteiger partial charge in [-0.15, -0.1) is 0 Å². The number of nitrogens with one attached hydrogen (secondary N) is 1. The summed E-state index contributed by atoms with van der Waals surface area (Å²) in [5.41, 5.74) is 1.81. The van der Waals surface area contributed by atoms with Gasteiger partial charge in [-0.2, -0.15) is 5.26 Å². The Kier molecular flexibility index (Phi) is 4.79. The van der Waals surface area contributed by atoms with E-state index in [0.717, 1.165) is 32.1 Å². The Morgan fingerprint density at radius 1 is 1.30 bits per heavy atom. The molecule has 0 unspecified atom stereocenters. The van der Waals surface area contributed by atoms with Crippen molar-refractivity contribution >= 4 is 5.91 Å². The van der Waals surface area contributed by atoms with Crippen molar-refractivity contribution in [2.75, 3.05) is 0 Å². The van der Waals surface area contributed by atoms with Crippen LogP contribution >= 0.6 is 0 Å². The first-order valence-electron chi connectivity index (χ1n) is 7.42. The molecule has 2 rings (SSSR count). The predicted molar refractivity (Wildman–Crippen MR) is 79.1 cm³/mol. The van der Waals surface area contributed by atoms with Crippen LogP contribution in [0.2, 0.25) is 0 Å². The molecule has 0 aromatic heterocycles. The molecule has 1 saturated carbocycles. The third-order valence-corrected chi connectivity index (χ3v) is 4.18. The minimum atomic E-state index is -0.610. The van der Waals surface area contributed by atoms with Crippen LogP contribution in [-0.4, -0.2) is 11.4 Å². The largest absolute Gasteiger partial charge is 0.338 e. The summed E-state index contributed by atoms with van der Waals surface area (Å²) in [5.74, 6) is -0.00305. The zero-order chi connectivity index (χ0) is 14.4. The normalized spacial score (nSPS) is 17.2. The highest BCUT2D eigenvalue weighted by molar-refractivity contribution is 5.77. The molecule has 0 heterocycles. The predicted octanol–water partition coefficient (Wildman–Crippen LogP) is 3.27. The first kappa shape index (κ1) is 14.6. The van der Waals surface area contributed by atoms with Crippen molar-refractivity contribution in [3.8, 4) is 6.07 Å². The molecule has 20 heavy (non-hydrogen) atoms. The monoisotopic (exact) mass is 270 g/mol. The topological polar surface area (TPSA) is 52.9 Å². The Morgan fingerprint density at radius 2 is 2.00 bits per heavy atom. The number of carbonyl (C=O) groups is 1. The van der Waals surface area contributed by atoms with Crippen LogP contribution in [0, 0.1) is 18.3 Å². The van der Waals surface area contributed by atoms with Crippen molar-refractivity contribution in [2.45, 2.75) is 57.4 Å². The fraction of sp³-hybridized carbons (Fsp3) is 0.529. The fourth-order valence-corrected chi connectivity index (χ4v) is 2.89. The second-order valence-electron chi connectivity index (χ2n) is 5.73. The zero-order valence-corrected chi connectivity index (χ0v) is 12.1. The molecule has 0 radical (unpaired) electrons. The molecule has 1 aliphatic rings. The van der Waals surface area contributed by atoms with Gasteiger partial charge in [-0.1, -0.05) is 43.5 Å². The molecule has 0 atom stereocenters. The molecule has 1 fully saturated rings. The Labute approximate surface area is 121 Å². The minimum absolute atomic E-state index is 0.00305. The molecule has 1 amide bonds. The number of amides is 1. The summed E-state index contributed by atoms with van der Waals surface area (Å²) in [4.78, 5) is 12.1. The third kappa shape index (κ3) is 3.60. The lowest BCUT2D eigenvalue weighted by Crippen LogP contribution is -2.48. The zero-order valence-electron chi connectivity index (χ0n) is 12.1. The average Bonchev–Trinajstić information content (AvgIpc) is 2.47. The smallest absolute Gasteiger partial charge is 0.221 e. The standard InChI is InChI=1S/C17H22N2O/c1-14-7-3-4-8-15(14)9-10-16(20)19-17(13-18)11-5-2-6-12-17/h3-4,7-8H,2,5-6,9-12H2,1H3,(H,19,20). The highest BCUT2D eigenvalue weighted by Gasteiger charge is 2.33. The lowest BCUT2D eigenvalue weighted by molar-refractivity contribution is -0.122. The number of rotatable bonds is 4. The van der Waals surface area contributed by atoms with Gasteiger partial charge in [-0.25, -0.2) is 0 Å². The number of hydrogen-bond donors (Lipinski definition) is 1. The molecule has 1 aromatic rings. The van der Waals surface area contributed by atoms with E-state index >= 15 is 0 Å². The second-order valence-corrected chi connectivity index (χ2v) is 5.73. The van der Waals surface area contributed by atoms with Gasteiger partial charge in [0.1, 0.15) is 5.54 Å². The summed E-state index contributed by atoms with van der Waals surface area (Å²) in [5, 5.41) is 12.3. The highest BCUT2D eigenvalue weighted by Crippen LogP contribution is 2.27. The summed E-state index contributed by atoms with van der Waals surface area (Å²) in [6.07, 6.45) is 6.01. The number of nitrogens with zero attached hydrogens (tertiary/aromatic N) is 1. The van der Waals surface area contributed by atoms with E-state index in [2.05, 4.69) is 30.4 Å². The van der Waals surface area contributed by atoms with E-state index in [1.807, 2.05) is 12.1 Å². The number of nitriles is 1. The van der Waals surface area contributed by atoms with Gasteiger partial charge in [0.25, 0.3) is 0 Å². The molecule has 1 N–H and O–H groups in total. The molecule has 0 bridgehead atoms. The second kappa shape index (κ2) is 6.56. The molecule has 106 valence electrons. The van der Waals surface area contributed by atoms with Crippen LogP contribution < -0.4 is 5.32 Å². The Balaban J connectivity index is 1.89. The van der Waals surface area contributed by atoms with Crippen LogP contribution in [0.4, 0.5) is 0 Å². The molecular formula is C17H22N2O. The summed E-state index contributed by atoms with van der Waals surface area (Å²) in [6.45, 7) is 2.06. The molecule has 0 saturated heterocycles. The van der Waals surface area contributed by atoms with Gasteiger partial charge >= 0.3 is 0 Å². The Bertz CT molecular complexity index is 510. The molecule has 3 nitrogen and oxygen atoms in total. The van der Waals surface area contributed by atoms with Crippen molar-refractivity contribution in [1.29, 1.82) is 5.26 Å². The van der Waals surface area contributed by atoms with E-state index in [9.17, 15) is 10.1 Å². The molecule has 1 aromatic carbocycles. The summed E-state index contributed by atoms with van der Waals surface area (Å²) in [7, 11) is 0. The van der Waals surface area contributed by atoms with E-state index < -0.39 is 5.54 Å². The van der Waals surface area contributed by atoms with Crippen molar-refractivity contribution in [3.05, 3.63) is 35.4 Å². The number of benzene rings is 1. The molecule has 0 aliphatic heterocycles. The lowest BCUT2D eigenvalue weighted by Gasteiger charge is -2.31. The first-order chi connectivity index (χ1) is 9.65. The number of hydrogen-bond acceptors (Lipinski definition) is 2. The number of aryl methyl sites for hydroxylation is 2. The van der Waals surface area contributed by atoms with Crippen molar-refractivity contribution in [2.24, 2.45) is 0 Å². The van der Waals surface area contributed by atoms with Crippen LogP contribution in [0.1, 0.15) is 49.7 Å². The van der Waals surface area contributed by atoms with Crippen molar-refractivity contribution < 1.29 is 4.79 Å². The summed E-state index contributed by atoms with van der Waals surface area (Å²) >= 11 is 0. The van der Waals surface area contributed by atoms with Gasteiger partial charge in [0.15, 0.2) is 0 Å². The molecule has 1 aliphatic carbocycles. The quantitative estimate of drug-likeness (QED) is 0.913. The van der Waals surface area contributed by atoms with Gasteiger partial charge in [-0.05, 0) is 37.3 Å². The van der Waals surface area contributed by atoms with E-state index in [-0.39, 0.29) is 5.91 Å². The van der Waals surface area contributed by atoms with Crippen LogP contribution in [0.3, 0.4) is 0 Å². The van der Waals surface area contributed by atoms with Gasteiger partial charge in [0.2, 0.25) is 5.91 Å². The number of carbonyl (C=O) groups excluding carboxylic acids is 1. The van der Waals surface area contributed by atoms with Gasteiger partial charge in [-0.3, -0.25) is 4.79 Å². The van der Waals surface area contributed by atoms with Crippen LogP contribution in [0.5, 0.6) is 0 Å². The van der Waals surface area contributed by atoms with Crippen molar-refractivity contribution in [1.82, 2.24) is 5.32 Å². The lowest BCUT2D eigenvalue weighted by atomic mass is 9.82.